The summed E-state index contributed by atoms with van der Waals surface area (Å²) in [5, 5.41) is 2.31. The monoisotopic (exact) mass is 266 g/mol. The lowest BCUT2D eigenvalue weighted by atomic mass is 10.2. The van der Waals surface area contributed by atoms with Crippen LogP contribution in [0.4, 0.5) is 0 Å². The summed E-state index contributed by atoms with van der Waals surface area (Å²) in [5.74, 6) is 0.942. The fraction of sp³-hybridized carbons (Fsp3) is 0.625. The standard InChI is InChI=1S/C16H27NO2/c1-3-5-9-17-10-11-18-12-13-19-16-8-6-7-15(4-2)14-16/h6-8,14,17H,3-5,9-13H2,1-2H3/p+1. The summed E-state index contributed by atoms with van der Waals surface area (Å²) < 4.78 is 11.2. The van der Waals surface area contributed by atoms with Gasteiger partial charge in [0.15, 0.2) is 0 Å². The smallest absolute Gasteiger partial charge is 0.119 e. The predicted molar refractivity (Wildman–Crippen MR) is 78.7 cm³/mol. The molecule has 1 rings (SSSR count). The topological polar surface area (TPSA) is 35.1 Å². The lowest BCUT2D eigenvalue weighted by Gasteiger charge is -2.08. The van der Waals surface area contributed by atoms with E-state index in [2.05, 4.69) is 31.3 Å². The number of benzene rings is 1. The SMILES string of the molecule is CCCC[NH2+]CCOCCOc1cccc(CC)c1. The molecule has 0 amide bonds. The molecule has 3 nitrogen and oxygen atoms in total. The molecule has 0 aliphatic carbocycles. The van der Waals surface area contributed by atoms with Gasteiger partial charge in [0.25, 0.3) is 0 Å². The molecule has 0 aliphatic heterocycles. The first-order chi connectivity index (χ1) is 9.36. The molecule has 1 aromatic carbocycles. The van der Waals surface area contributed by atoms with E-state index >= 15 is 0 Å². The zero-order chi connectivity index (χ0) is 13.8. The lowest BCUT2D eigenvalue weighted by molar-refractivity contribution is -0.656. The van der Waals surface area contributed by atoms with Crippen LogP contribution >= 0.6 is 0 Å². The Balaban J connectivity index is 1.98. The maximum atomic E-state index is 5.66. The summed E-state index contributed by atoms with van der Waals surface area (Å²) in [6.07, 6.45) is 3.60. The highest BCUT2D eigenvalue weighted by Crippen LogP contribution is 2.13. The van der Waals surface area contributed by atoms with Crippen LogP contribution in [0.15, 0.2) is 24.3 Å². The van der Waals surface area contributed by atoms with Crippen molar-refractivity contribution in [3.05, 3.63) is 29.8 Å². The largest absolute Gasteiger partial charge is 0.491 e. The summed E-state index contributed by atoms with van der Waals surface area (Å²) in [6.45, 7) is 8.72. The molecule has 0 saturated heterocycles. The predicted octanol–water partition coefficient (Wildman–Crippen LogP) is 2.01. The minimum Gasteiger partial charge on any atom is -0.491 e. The van der Waals surface area contributed by atoms with Crippen LogP contribution in [0, 0.1) is 0 Å². The minimum absolute atomic E-state index is 0.627. The highest BCUT2D eigenvalue weighted by atomic mass is 16.5. The Bertz CT molecular complexity index is 328. The van der Waals surface area contributed by atoms with E-state index in [1.807, 2.05) is 12.1 Å². The molecule has 0 aliphatic rings. The number of hydrogen-bond acceptors (Lipinski definition) is 2. The first-order valence-electron chi connectivity index (χ1n) is 7.48. The molecule has 2 N–H and O–H groups in total. The number of hydrogen-bond donors (Lipinski definition) is 1. The van der Waals surface area contributed by atoms with E-state index in [4.69, 9.17) is 9.47 Å². The van der Waals surface area contributed by atoms with E-state index in [9.17, 15) is 0 Å². The third kappa shape index (κ3) is 7.85. The highest BCUT2D eigenvalue weighted by molar-refractivity contribution is 5.28. The molecule has 108 valence electrons. The van der Waals surface area contributed by atoms with Crippen molar-refractivity contribution < 1.29 is 14.8 Å². The van der Waals surface area contributed by atoms with Gasteiger partial charge in [0.05, 0.1) is 26.3 Å². The van der Waals surface area contributed by atoms with Crippen LogP contribution in [-0.2, 0) is 11.2 Å². The Morgan fingerprint density at radius 2 is 1.95 bits per heavy atom. The molecule has 0 spiro atoms. The summed E-state index contributed by atoms with van der Waals surface area (Å²) in [7, 11) is 0. The van der Waals surface area contributed by atoms with E-state index < -0.39 is 0 Å². The van der Waals surface area contributed by atoms with E-state index in [1.54, 1.807) is 0 Å². The van der Waals surface area contributed by atoms with Crippen molar-refractivity contribution in [1.82, 2.24) is 0 Å². The maximum absolute atomic E-state index is 5.66. The summed E-state index contributed by atoms with van der Waals surface area (Å²) in [4.78, 5) is 0. The summed E-state index contributed by atoms with van der Waals surface area (Å²) in [5.41, 5.74) is 1.31. The summed E-state index contributed by atoms with van der Waals surface area (Å²) >= 11 is 0. The zero-order valence-electron chi connectivity index (χ0n) is 12.4. The second-order valence-electron chi connectivity index (χ2n) is 4.68. The van der Waals surface area contributed by atoms with Gasteiger partial charge >= 0.3 is 0 Å². The Morgan fingerprint density at radius 3 is 2.74 bits per heavy atom. The number of ether oxygens (including phenoxy) is 2. The fourth-order valence-electron chi connectivity index (χ4n) is 1.84. The van der Waals surface area contributed by atoms with Crippen LogP contribution in [0.5, 0.6) is 5.75 Å². The number of rotatable bonds is 11. The quantitative estimate of drug-likeness (QED) is 0.622. The third-order valence-electron chi connectivity index (χ3n) is 3.03. The van der Waals surface area contributed by atoms with E-state index in [-0.39, 0.29) is 0 Å². The van der Waals surface area contributed by atoms with Crippen molar-refractivity contribution in [2.75, 3.05) is 32.9 Å². The van der Waals surface area contributed by atoms with Crippen LogP contribution in [0.1, 0.15) is 32.3 Å². The Morgan fingerprint density at radius 1 is 1.05 bits per heavy atom. The number of quaternary nitrogens is 1. The molecule has 0 fully saturated rings. The summed E-state index contributed by atoms with van der Waals surface area (Å²) in [6, 6.07) is 8.25. The molecule has 0 radical (unpaired) electrons. The number of aryl methyl sites for hydroxylation is 1. The van der Waals surface area contributed by atoms with Gasteiger partial charge in [0, 0.05) is 0 Å². The second-order valence-corrected chi connectivity index (χ2v) is 4.68. The molecular weight excluding hydrogens is 238 g/mol. The van der Waals surface area contributed by atoms with Crippen LogP contribution in [0.2, 0.25) is 0 Å². The zero-order valence-corrected chi connectivity index (χ0v) is 12.4. The Labute approximate surface area is 117 Å². The Hall–Kier alpha value is -1.06. The normalized spacial score (nSPS) is 10.6. The van der Waals surface area contributed by atoms with Gasteiger partial charge in [0.1, 0.15) is 12.4 Å². The van der Waals surface area contributed by atoms with Crippen molar-refractivity contribution in [1.29, 1.82) is 0 Å². The molecule has 0 unspecified atom stereocenters. The van der Waals surface area contributed by atoms with Gasteiger partial charge in [-0.3, -0.25) is 0 Å². The van der Waals surface area contributed by atoms with E-state index in [1.165, 1.54) is 24.9 Å². The molecule has 0 heterocycles. The van der Waals surface area contributed by atoms with E-state index in [0.717, 1.165) is 25.3 Å². The van der Waals surface area contributed by atoms with Crippen molar-refractivity contribution in [3.63, 3.8) is 0 Å². The molecule has 1 aromatic rings. The highest BCUT2D eigenvalue weighted by Gasteiger charge is 1.96. The van der Waals surface area contributed by atoms with Gasteiger partial charge in [-0.1, -0.05) is 32.4 Å². The van der Waals surface area contributed by atoms with Gasteiger partial charge in [-0.05, 0) is 30.5 Å². The average molecular weight is 266 g/mol. The van der Waals surface area contributed by atoms with E-state index in [0.29, 0.717) is 13.2 Å². The Kier molecular flexibility index (Phi) is 9.11. The fourth-order valence-corrected chi connectivity index (χ4v) is 1.84. The van der Waals surface area contributed by atoms with Crippen molar-refractivity contribution in [2.45, 2.75) is 33.1 Å². The molecule has 0 aromatic heterocycles. The van der Waals surface area contributed by atoms with Crippen LogP contribution in [0.25, 0.3) is 0 Å². The van der Waals surface area contributed by atoms with Crippen LogP contribution in [0.3, 0.4) is 0 Å². The van der Waals surface area contributed by atoms with Gasteiger partial charge in [-0.2, -0.15) is 0 Å². The number of nitrogens with two attached hydrogens (primary N) is 1. The van der Waals surface area contributed by atoms with Crippen molar-refractivity contribution >= 4 is 0 Å². The molecule has 3 heteroatoms. The van der Waals surface area contributed by atoms with Crippen molar-refractivity contribution in [2.24, 2.45) is 0 Å². The van der Waals surface area contributed by atoms with Gasteiger partial charge in [-0.15, -0.1) is 0 Å². The van der Waals surface area contributed by atoms with Crippen LogP contribution in [-0.4, -0.2) is 32.9 Å². The molecule has 0 saturated carbocycles. The number of unbranched alkanes of at least 4 members (excludes halogenated alkanes) is 1. The molecule has 19 heavy (non-hydrogen) atoms. The van der Waals surface area contributed by atoms with Gasteiger partial charge in [-0.25, -0.2) is 0 Å². The molecule has 0 bridgehead atoms. The van der Waals surface area contributed by atoms with Gasteiger partial charge < -0.3 is 14.8 Å². The molecular formula is C16H28NO2+. The average Bonchev–Trinajstić information content (AvgIpc) is 2.46. The molecule has 0 atom stereocenters. The second kappa shape index (κ2) is 10.8. The minimum atomic E-state index is 0.627. The third-order valence-corrected chi connectivity index (χ3v) is 3.03. The lowest BCUT2D eigenvalue weighted by Crippen LogP contribution is -2.85. The first-order valence-corrected chi connectivity index (χ1v) is 7.48. The maximum Gasteiger partial charge on any atom is 0.119 e. The van der Waals surface area contributed by atoms with Gasteiger partial charge in [0.2, 0.25) is 0 Å². The first kappa shape index (κ1) is 16.0. The van der Waals surface area contributed by atoms with Crippen LogP contribution < -0.4 is 10.1 Å². The van der Waals surface area contributed by atoms with Crippen molar-refractivity contribution in [3.8, 4) is 5.75 Å².